The Hall–Kier alpha value is -2.14. The molecule has 27 heavy (non-hydrogen) atoms. The van der Waals surface area contributed by atoms with Gasteiger partial charge in [-0.05, 0) is 37.1 Å². The quantitative estimate of drug-likeness (QED) is 0.386. The number of aromatic nitrogens is 2. The molecule has 0 bridgehead atoms. The molecule has 0 N–H and O–H groups in total. The molecule has 0 radical (unpaired) electrons. The average molecular weight is 370 g/mol. The molecule has 1 aliphatic heterocycles. The number of epoxide rings is 1. The van der Waals surface area contributed by atoms with E-state index in [2.05, 4.69) is 23.8 Å². The molecule has 5 nitrogen and oxygen atoms in total. The van der Waals surface area contributed by atoms with E-state index in [1.165, 1.54) is 19.3 Å². The van der Waals surface area contributed by atoms with Gasteiger partial charge in [0.05, 0.1) is 25.1 Å². The summed E-state index contributed by atoms with van der Waals surface area (Å²) in [5.74, 6) is 2.25. The molecular weight excluding hydrogens is 340 g/mol. The number of unbranched alkanes of at least 4 members (excludes halogenated alkanes) is 3. The topological polar surface area (TPSA) is 56.8 Å². The van der Waals surface area contributed by atoms with Gasteiger partial charge in [0.2, 0.25) is 0 Å². The lowest BCUT2D eigenvalue weighted by Crippen LogP contribution is -2.08. The van der Waals surface area contributed by atoms with Gasteiger partial charge in [-0.25, -0.2) is 9.97 Å². The normalized spacial score (nSPS) is 18.3. The number of benzene rings is 1. The highest BCUT2D eigenvalue weighted by Crippen LogP contribution is 2.27. The van der Waals surface area contributed by atoms with Crippen LogP contribution in [-0.4, -0.2) is 35.4 Å². The lowest BCUT2D eigenvalue weighted by Gasteiger charge is -2.07. The Labute approximate surface area is 162 Å². The summed E-state index contributed by atoms with van der Waals surface area (Å²) >= 11 is 0. The van der Waals surface area contributed by atoms with E-state index >= 15 is 0 Å². The summed E-state index contributed by atoms with van der Waals surface area (Å²) in [6, 6.07) is 7.93. The van der Waals surface area contributed by atoms with E-state index in [0.717, 1.165) is 37.2 Å². The zero-order chi connectivity index (χ0) is 18.9. The third kappa shape index (κ3) is 6.21. The van der Waals surface area contributed by atoms with Crippen LogP contribution in [0.5, 0.6) is 11.5 Å². The molecule has 2 atom stereocenters. The Morgan fingerprint density at radius 1 is 0.852 bits per heavy atom. The van der Waals surface area contributed by atoms with Crippen molar-refractivity contribution in [3.05, 3.63) is 36.7 Å². The van der Waals surface area contributed by atoms with Crippen molar-refractivity contribution < 1.29 is 14.2 Å². The van der Waals surface area contributed by atoms with Crippen LogP contribution in [0.1, 0.15) is 52.4 Å². The summed E-state index contributed by atoms with van der Waals surface area (Å²) in [5.41, 5.74) is 0.966. The van der Waals surface area contributed by atoms with E-state index in [0.29, 0.717) is 24.3 Å². The van der Waals surface area contributed by atoms with Crippen LogP contribution in [0.2, 0.25) is 0 Å². The smallest absolute Gasteiger partial charge is 0.159 e. The standard InChI is InChI=1S/C22H30N2O3/c1-3-5-6-7-13-25-18-11-9-17(10-12-18)22-23-14-19(15-24-22)26-16-21-20(27-21)8-4-2/h9-12,14-15,20-21H,3-8,13,16H2,1-2H3. The van der Waals surface area contributed by atoms with E-state index in [4.69, 9.17) is 14.2 Å². The first-order valence-corrected chi connectivity index (χ1v) is 10.1. The first-order valence-electron chi connectivity index (χ1n) is 10.1. The van der Waals surface area contributed by atoms with Crippen LogP contribution in [0.4, 0.5) is 0 Å². The molecule has 146 valence electrons. The highest BCUT2D eigenvalue weighted by molar-refractivity contribution is 5.56. The van der Waals surface area contributed by atoms with Crippen LogP contribution in [0.3, 0.4) is 0 Å². The fourth-order valence-electron chi connectivity index (χ4n) is 3.00. The Morgan fingerprint density at radius 2 is 1.63 bits per heavy atom. The van der Waals surface area contributed by atoms with Crippen molar-refractivity contribution in [1.82, 2.24) is 9.97 Å². The molecule has 0 aliphatic carbocycles. The molecule has 2 aromatic rings. The number of nitrogens with zero attached hydrogens (tertiary/aromatic N) is 2. The zero-order valence-electron chi connectivity index (χ0n) is 16.4. The van der Waals surface area contributed by atoms with Crippen molar-refractivity contribution in [3.63, 3.8) is 0 Å². The van der Waals surface area contributed by atoms with Crippen LogP contribution in [0.15, 0.2) is 36.7 Å². The summed E-state index contributed by atoms with van der Waals surface area (Å²) in [6.45, 7) is 5.71. The van der Waals surface area contributed by atoms with Gasteiger partial charge in [0, 0.05) is 5.56 Å². The molecule has 1 aromatic carbocycles. The second kappa shape index (κ2) is 10.3. The van der Waals surface area contributed by atoms with Crippen molar-refractivity contribution in [1.29, 1.82) is 0 Å². The van der Waals surface area contributed by atoms with E-state index < -0.39 is 0 Å². The van der Waals surface area contributed by atoms with Gasteiger partial charge >= 0.3 is 0 Å². The van der Waals surface area contributed by atoms with Gasteiger partial charge in [-0.1, -0.05) is 39.5 Å². The Morgan fingerprint density at radius 3 is 2.33 bits per heavy atom. The molecule has 0 spiro atoms. The fourth-order valence-corrected chi connectivity index (χ4v) is 3.00. The summed E-state index contributed by atoms with van der Waals surface area (Å²) in [6.07, 6.45) is 11.1. The monoisotopic (exact) mass is 370 g/mol. The Kier molecular flexibility index (Phi) is 7.45. The van der Waals surface area contributed by atoms with Crippen LogP contribution in [-0.2, 0) is 4.74 Å². The van der Waals surface area contributed by atoms with Crippen molar-refractivity contribution in [2.45, 2.75) is 64.6 Å². The average Bonchev–Trinajstić information content (AvgIpc) is 3.45. The highest BCUT2D eigenvalue weighted by atomic mass is 16.6. The summed E-state index contributed by atoms with van der Waals surface area (Å²) in [4.78, 5) is 8.82. The Bertz CT molecular complexity index is 673. The SMILES string of the molecule is CCCCCCOc1ccc(-c2ncc(OCC3OC3CCC)cn2)cc1. The van der Waals surface area contributed by atoms with Gasteiger partial charge in [-0.2, -0.15) is 0 Å². The second-order valence-corrected chi connectivity index (χ2v) is 6.99. The number of hydrogen-bond acceptors (Lipinski definition) is 5. The van der Waals surface area contributed by atoms with E-state index in [1.54, 1.807) is 12.4 Å². The summed E-state index contributed by atoms with van der Waals surface area (Å²) in [5, 5.41) is 0. The van der Waals surface area contributed by atoms with Crippen molar-refractivity contribution >= 4 is 0 Å². The predicted octanol–water partition coefficient (Wildman–Crippen LogP) is 5.05. The number of hydrogen-bond donors (Lipinski definition) is 0. The van der Waals surface area contributed by atoms with E-state index in [9.17, 15) is 0 Å². The minimum atomic E-state index is 0.221. The fraction of sp³-hybridized carbons (Fsp3) is 0.545. The maximum absolute atomic E-state index is 5.78. The molecule has 0 saturated carbocycles. The van der Waals surface area contributed by atoms with Crippen LogP contribution < -0.4 is 9.47 Å². The third-order valence-corrected chi connectivity index (χ3v) is 4.68. The maximum Gasteiger partial charge on any atom is 0.159 e. The summed E-state index contributed by atoms with van der Waals surface area (Å²) < 4.78 is 17.0. The highest BCUT2D eigenvalue weighted by Gasteiger charge is 2.38. The van der Waals surface area contributed by atoms with Crippen molar-refractivity contribution in [3.8, 4) is 22.9 Å². The van der Waals surface area contributed by atoms with Gasteiger partial charge in [0.1, 0.15) is 18.5 Å². The maximum atomic E-state index is 5.78. The molecular formula is C22H30N2O3. The number of ether oxygens (including phenoxy) is 3. The Balaban J connectivity index is 1.44. The minimum absolute atomic E-state index is 0.221. The van der Waals surface area contributed by atoms with Gasteiger partial charge < -0.3 is 14.2 Å². The third-order valence-electron chi connectivity index (χ3n) is 4.68. The van der Waals surface area contributed by atoms with Crippen molar-refractivity contribution in [2.24, 2.45) is 0 Å². The molecule has 1 saturated heterocycles. The second-order valence-electron chi connectivity index (χ2n) is 6.99. The predicted molar refractivity (Wildman–Crippen MR) is 106 cm³/mol. The molecule has 2 heterocycles. The van der Waals surface area contributed by atoms with Crippen LogP contribution >= 0.6 is 0 Å². The largest absolute Gasteiger partial charge is 0.494 e. The lowest BCUT2D eigenvalue weighted by molar-refractivity contribution is 0.258. The number of rotatable bonds is 12. The molecule has 1 aliphatic rings. The first kappa shape index (κ1) is 19.6. The molecule has 5 heteroatoms. The molecule has 0 amide bonds. The van der Waals surface area contributed by atoms with E-state index in [1.807, 2.05) is 24.3 Å². The van der Waals surface area contributed by atoms with Crippen LogP contribution in [0.25, 0.3) is 11.4 Å². The minimum Gasteiger partial charge on any atom is -0.494 e. The van der Waals surface area contributed by atoms with Gasteiger partial charge in [0.15, 0.2) is 11.6 Å². The molecule has 1 aromatic heterocycles. The first-order chi connectivity index (χ1) is 13.3. The zero-order valence-corrected chi connectivity index (χ0v) is 16.4. The molecule has 3 rings (SSSR count). The molecule has 1 fully saturated rings. The van der Waals surface area contributed by atoms with Gasteiger partial charge in [-0.3, -0.25) is 0 Å². The lowest BCUT2D eigenvalue weighted by atomic mass is 10.2. The van der Waals surface area contributed by atoms with E-state index in [-0.39, 0.29) is 6.10 Å². The van der Waals surface area contributed by atoms with Crippen molar-refractivity contribution in [2.75, 3.05) is 13.2 Å². The molecule has 2 unspecified atom stereocenters. The van der Waals surface area contributed by atoms with Crippen LogP contribution in [0, 0.1) is 0 Å². The summed E-state index contributed by atoms with van der Waals surface area (Å²) in [7, 11) is 0. The van der Waals surface area contributed by atoms with Gasteiger partial charge in [-0.15, -0.1) is 0 Å². The van der Waals surface area contributed by atoms with Gasteiger partial charge in [0.25, 0.3) is 0 Å².